The Morgan fingerprint density at radius 2 is 1.56 bits per heavy atom. The van der Waals surface area contributed by atoms with Crippen LogP contribution in [0.1, 0.15) is 20.8 Å². The van der Waals surface area contributed by atoms with E-state index in [-0.39, 0.29) is 0 Å². The fourth-order valence-corrected chi connectivity index (χ4v) is 5.39. The number of hydrogen-bond acceptors (Lipinski definition) is 1. The van der Waals surface area contributed by atoms with Crippen LogP contribution in [-0.4, -0.2) is 8.07 Å². The zero-order chi connectivity index (χ0) is 13.3. The number of benzene rings is 1. The van der Waals surface area contributed by atoms with E-state index in [1.165, 1.54) is 23.0 Å². The Morgan fingerprint density at radius 3 is 2.11 bits per heavy atom. The first-order valence-electron chi connectivity index (χ1n) is 6.82. The second-order valence-electron chi connectivity index (χ2n) is 4.54. The highest BCUT2D eigenvalue weighted by Crippen LogP contribution is 2.22. The van der Waals surface area contributed by atoms with Gasteiger partial charge in [-0.2, -0.15) is 0 Å². The molecule has 0 nitrogen and oxygen atoms in total. The lowest BCUT2D eigenvalue weighted by atomic mass is 10.4. The largest absolute Gasteiger partial charge is 0.0981 e. The summed E-state index contributed by atoms with van der Waals surface area (Å²) in [4.78, 5) is 1.30. The fourth-order valence-electron chi connectivity index (χ4n) is 2.03. The van der Waals surface area contributed by atoms with Gasteiger partial charge in [0, 0.05) is 4.90 Å². The monoisotopic (exact) mass is 276 g/mol. The smallest absolute Gasteiger partial charge is 0.0770 e. The topological polar surface area (TPSA) is 0 Å². The Kier molecular flexibility index (Phi) is 7.14. The van der Waals surface area contributed by atoms with E-state index >= 15 is 0 Å². The third kappa shape index (κ3) is 4.87. The number of allylic oxidation sites excluding steroid dienone is 2. The first-order valence-corrected chi connectivity index (χ1v) is 10.4. The van der Waals surface area contributed by atoms with Gasteiger partial charge in [0.2, 0.25) is 0 Å². The van der Waals surface area contributed by atoms with Gasteiger partial charge >= 0.3 is 0 Å². The summed E-state index contributed by atoms with van der Waals surface area (Å²) in [5.41, 5.74) is 2.51. The van der Waals surface area contributed by atoms with E-state index in [9.17, 15) is 0 Å². The lowest BCUT2D eigenvalue weighted by molar-refractivity contribution is 1.19. The van der Waals surface area contributed by atoms with Gasteiger partial charge in [0.15, 0.2) is 0 Å². The first kappa shape index (κ1) is 15.3. The molecule has 0 saturated carbocycles. The highest BCUT2D eigenvalue weighted by Gasteiger charge is 2.22. The maximum atomic E-state index is 2.51. The Hall–Kier alpha value is -0.733. The zero-order valence-electron chi connectivity index (χ0n) is 11.7. The molecule has 0 aromatic heterocycles. The normalized spacial score (nSPS) is 12.6. The van der Waals surface area contributed by atoms with Crippen LogP contribution in [0.3, 0.4) is 0 Å². The fraction of sp³-hybridized carbons (Fsp3) is 0.375. The van der Waals surface area contributed by atoms with Crippen molar-refractivity contribution in [2.75, 3.05) is 0 Å². The molecule has 0 saturated heterocycles. The van der Waals surface area contributed by atoms with Crippen LogP contribution >= 0.6 is 11.8 Å². The molecule has 0 radical (unpaired) electrons. The van der Waals surface area contributed by atoms with E-state index in [1.54, 1.807) is 11.8 Å². The van der Waals surface area contributed by atoms with E-state index < -0.39 is 8.07 Å². The molecular formula is C16H24SSi. The molecule has 1 aromatic rings. The van der Waals surface area contributed by atoms with Gasteiger partial charge in [0.05, 0.1) is 8.07 Å². The average Bonchev–Trinajstić information content (AvgIpc) is 2.45. The van der Waals surface area contributed by atoms with Gasteiger partial charge < -0.3 is 0 Å². The van der Waals surface area contributed by atoms with Crippen LogP contribution in [0.25, 0.3) is 0 Å². The van der Waals surface area contributed by atoms with Gasteiger partial charge in [-0.05, 0) is 17.5 Å². The van der Waals surface area contributed by atoms with Crippen LogP contribution in [0.5, 0.6) is 0 Å². The van der Waals surface area contributed by atoms with E-state index in [4.69, 9.17) is 0 Å². The predicted octanol–water partition coefficient (Wildman–Crippen LogP) is 5.90. The molecule has 1 rings (SSSR count). The van der Waals surface area contributed by atoms with Crippen molar-refractivity contribution >= 4 is 19.8 Å². The molecule has 0 N–H and O–H groups in total. The molecule has 0 bridgehead atoms. The van der Waals surface area contributed by atoms with Gasteiger partial charge in [-0.1, -0.05) is 86.7 Å². The minimum atomic E-state index is -1.09. The van der Waals surface area contributed by atoms with Crippen molar-refractivity contribution in [3.8, 4) is 0 Å². The van der Waals surface area contributed by atoms with E-state index in [0.29, 0.717) is 0 Å². The molecule has 0 amide bonds. The second kappa shape index (κ2) is 8.38. The highest BCUT2D eigenvalue weighted by molar-refractivity contribution is 8.02. The predicted molar refractivity (Wildman–Crippen MR) is 87.8 cm³/mol. The summed E-state index contributed by atoms with van der Waals surface area (Å²) >= 11 is 1.78. The Labute approximate surface area is 117 Å². The number of rotatable bonds is 7. The summed E-state index contributed by atoms with van der Waals surface area (Å²) in [6.45, 7) is 7.02. The van der Waals surface area contributed by atoms with Crippen molar-refractivity contribution in [3.63, 3.8) is 0 Å². The minimum absolute atomic E-state index is 1.09. The van der Waals surface area contributed by atoms with Gasteiger partial charge in [0.1, 0.15) is 0 Å². The molecule has 0 aliphatic heterocycles. The van der Waals surface area contributed by atoms with Crippen LogP contribution in [0.2, 0.25) is 18.1 Å². The number of hydrogen-bond donors (Lipinski definition) is 0. The van der Waals surface area contributed by atoms with Crippen molar-refractivity contribution in [1.82, 2.24) is 0 Å². The third-order valence-corrected chi connectivity index (χ3v) is 9.66. The maximum absolute atomic E-state index is 2.51. The molecule has 0 aliphatic carbocycles. The zero-order valence-corrected chi connectivity index (χ0v) is 13.5. The van der Waals surface area contributed by atoms with Crippen LogP contribution in [0, 0.1) is 0 Å². The van der Waals surface area contributed by atoms with Crippen molar-refractivity contribution in [2.45, 2.75) is 43.8 Å². The molecule has 0 aliphatic rings. The van der Waals surface area contributed by atoms with Gasteiger partial charge in [-0.15, -0.1) is 0 Å². The molecule has 0 spiro atoms. The van der Waals surface area contributed by atoms with Crippen LogP contribution in [0.15, 0.2) is 58.5 Å². The number of thioether (sulfide) groups is 1. The van der Waals surface area contributed by atoms with Crippen molar-refractivity contribution < 1.29 is 0 Å². The summed E-state index contributed by atoms with van der Waals surface area (Å²) in [6.07, 6.45) is 4.44. The summed E-state index contributed by atoms with van der Waals surface area (Å²) in [6, 6.07) is 14.6. The quantitative estimate of drug-likeness (QED) is 0.339. The van der Waals surface area contributed by atoms with E-state index in [2.05, 4.69) is 74.4 Å². The summed E-state index contributed by atoms with van der Waals surface area (Å²) in [5, 5.41) is 2.17. The van der Waals surface area contributed by atoms with E-state index in [1.807, 2.05) is 0 Å². The molecule has 18 heavy (non-hydrogen) atoms. The summed E-state index contributed by atoms with van der Waals surface area (Å²) in [7, 11) is -1.09. The Bertz CT molecular complexity index is 369. The minimum Gasteiger partial charge on any atom is -0.0981 e. The molecule has 98 valence electrons. The third-order valence-electron chi connectivity index (χ3n) is 3.70. The van der Waals surface area contributed by atoms with Crippen molar-refractivity contribution in [1.29, 1.82) is 0 Å². The molecule has 1 aromatic carbocycles. The van der Waals surface area contributed by atoms with Crippen LogP contribution < -0.4 is 0 Å². The average molecular weight is 277 g/mol. The Morgan fingerprint density at radius 1 is 0.944 bits per heavy atom. The summed E-state index contributed by atoms with van der Waals surface area (Å²) in [5.74, 6) is 0. The lowest BCUT2D eigenvalue weighted by Crippen LogP contribution is -2.28. The second-order valence-corrected chi connectivity index (χ2v) is 10.7. The van der Waals surface area contributed by atoms with E-state index in [0.717, 1.165) is 0 Å². The lowest BCUT2D eigenvalue weighted by Gasteiger charge is -2.23. The first-order chi connectivity index (χ1) is 8.76. The van der Waals surface area contributed by atoms with Gasteiger partial charge in [-0.3, -0.25) is 0 Å². The standard InChI is InChI=1S/C16H24SSi/c1-4-18(5-2,6-3)15-11-10-14-17-16-12-8-7-9-13-16/h7-15H,4-6H2,1-3H3/b14-10+,15-11+. The molecule has 0 unspecified atom stereocenters. The van der Waals surface area contributed by atoms with Gasteiger partial charge in [0.25, 0.3) is 0 Å². The van der Waals surface area contributed by atoms with Gasteiger partial charge in [-0.25, -0.2) is 0 Å². The molecular weight excluding hydrogens is 252 g/mol. The van der Waals surface area contributed by atoms with Crippen molar-refractivity contribution in [3.05, 3.63) is 53.6 Å². The molecule has 0 heterocycles. The molecule has 0 fully saturated rings. The van der Waals surface area contributed by atoms with Crippen LogP contribution in [0.4, 0.5) is 0 Å². The molecule has 0 atom stereocenters. The SMILES string of the molecule is CC[Si](/C=C/C=C/Sc1ccccc1)(CC)CC. The highest BCUT2D eigenvalue weighted by atomic mass is 32.2. The maximum Gasteiger partial charge on any atom is 0.0770 e. The van der Waals surface area contributed by atoms with Crippen molar-refractivity contribution in [2.24, 2.45) is 0 Å². The van der Waals surface area contributed by atoms with Crippen LogP contribution in [-0.2, 0) is 0 Å². The molecule has 2 heteroatoms. The summed E-state index contributed by atoms with van der Waals surface area (Å²) < 4.78 is 0. The Balaban J connectivity index is 2.49.